The van der Waals surface area contributed by atoms with Gasteiger partial charge >= 0.3 is 6.18 Å². The molecule has 1 heterocycles. The molecular weight excluding hydrogens is 439 g/mol. The summed E-state index contributed by atoms with van der Waals surface area (Å²) in [4.78, 5) is 12.1. The molecule has 158 valence electrons. The molecule has 0 saturated heterocycles. The monoisotopic (exact) mass is 449 g/mol. The summed E-state index contributed by atoms with van der Waals surface area (Å²) in [5.41, 5.74) is -3.38. The molecule has 0 radical (unpaired) electrons. The number of amides is 1. The molecule has 0 spiro atoms. The van der Waals surface area contributed by atoms with E-state index >= 15 is 0 Å². The van der Waals surface area contributed by atoms with Gasteiger partial charge < -0.3 is 0 Å². The maximum atomic E-state index is 14.3. The number of hydrogen-bond acceptors (Lipinski definition) is 3. The lowest BCUT2D eigenvalue weighted by molar-refractivity contribution is -0.140. The average molecular weight is 449 g/mol. The summed E-state index contributed by atoms with van der Waals surface area (Å²) < 4.78 is 95.8. The maximum absolute atomic E-state index is 14.3. The van der Waals surface area contributed by atoms with E-state index in [-0.39, 0.29) is 21.2 Å². The topological polar surface area (TPSA) is 38.1 Å². The van der Waals surface area contributed by atoms with Gasteiger partial charge in [-0.15, -0.1) is 0 Å². The van der Waals surface area contributed by atoms with E-state index in [2.05, 4.69) is 5.10 Å². The van der Waals surface area contributed by atoms with Crippen LogP contribution in [0.15, 0.2) is 46.3 Å². The smallest absolute Gasteiger partial charge is 0.278 e. The molecule has 0 atom stereocenters. The molecule has 1 amide bonds. The summed E-state index contributed by atoms with van der Waals surface area (Å²) in [5, 5.41) is 3.09. The highest BCUT2D eigenvalue weighted by molar-refractivity contribution is 7.99. The molecule has 0 aliphatic heterocycles. The number of carbonyl (C=O) groups is 1. The number of alkyl halides is 3. The minimum Gasteiger partial charge on any atom is -0.278 e. The Morgan fingerprint density at radius 1 is 1.00 bits per heavy atom. The van der Waals surface area contributed by atoms with E-state index in [9.17, 15) is 35.5 Å². The third-order valence-electron chi connectivity index (χ3n) is 3.89. The number of carbonyl (C=O) groups excluding carboxylic acids is 1. The quantitative estimate of drug-likeness (QED) is 0.296. The van der Waals surface area contributed by atoms with Gasteiger partial charge in [-0.25, -0.2) is 17.6 Å². The first-order chi connectivity index (χ1) is 14.0. The van der Waals surface area contributed by atoms with E-state index in [1.807, 2.05) is 0 Å². The van der Waals surface area contributed by atoms with Crippen molar-refractivity contribution in [3.8, 4) is 0 Å². The second-order valence-corrected chi connectivity index (χ2v) is 6.91. The molecular formula is C18H10F7N3OS. The Balaban J connectivity index is 2.23. The normalized spacial score (nSPS) is 11.6. The van der Waals surface area contributed by atoms with Crippen molar-refractivity contribution in [2.45, 2.75) is 16.1 Å². The molecule has 0 saturated carbocycles. The molecule has 0 fully saturated rings. The van der Waals surface area contributed by atoms with E-state index in [1.54, 1.807) is 0 Å². The molecule has 3 rings (SSSR count). The van der Waals surface area contributed by atoms with E-state index in [1.165, 1.54) is 12.1 Å². The first-order valence-electron chi connectivity index (χ1n) is 8.00. The van der Waals surface area contributed by atoms with E-state index in [4.69, 9.17) is 0 Å². The van der Waals surface area contributed by atoms with Crippen LogP contribution in [0, 0.1) is 23.3 Å². The van der Waals surface area contributed by atoms with Crippen molar-refractivity contribution in [2.75, 3.05) is 4.90 Å². The third-order valence-corrected chi connectivity index (χ3v) is 5.05. The van der Waals surface area contributed by atoms with Gasteiger partial charge in [0, 0.05) is 11.9 Å². The number of aromatic nitrogens is 2. The van der Waals surface area contributed by atoms with Gasteiger partial charge in [0.2, 0.25) is 6.41 Å². The van der Waals surface area contributed by atoms with Crippen LogP contribution in [-0.4, -0.2) is 16.2 Å². The zero-order valence-electron chi connectivity index (χ0n) is 14.8. The highest BCUT2D eigenvalue weighted by Gasteiger charge is 2.42. The molecule has 0 aliphatic rings. The van der Waals surface area contributed by atoms with Crippen molar-refractivity contribution in [1.82, 2.24) is 9.78 Å². The van der Waals surface area contributed by atoms with Gasteiger partial charge in [0.15, 0.2) is 23.1 Å². The SMILES string of the molecule is Cn1nc(C(F)(F)F)c(N(C=O)c2ccc(F)c(F)c2F)c1Sc1ccc(F)cc1. The number of hydrogen-bond donors (Lipinski definition) is 0. The molecule has 30 heavy (non-hydrogen) atoms. The fourth-order valence-electron chi connectivity index (χ4n) is 2.57. The van der Waals surface area contributed by atoms with Gasteiger partial charge in [0.25, 0.3) is 0 Å². The molecule has 4 nitrogen and oxygen atoms in total. The molecule has 0 unspecified atom stereocenters. The van der Waals surface area contributed by atoms with Crippen LogP contribution >= 0.6 is 11.8 Å². The second-order valence-electron chi connectivity index (χ2n) is 5.85. The summed E-state index contributed by atoms with van der Waals surface area (Å²) in [5.74, 6) is -5.97. The molecule has 1 aromatic heterocycles. The summed E-state index contributed by atoms with van der Waals surface area (Å²) >= 11 is 0.681. The van der Waals surface area contributed by atoms with E-state index < -0.39 is 46.5 Å². The standard InChI is InChI=1S/C18H10F7N3OS/c1-27-17(30-10-4-2-9(19)3-5-10)15(16(26-27)18(23,24)25)28(8-29)12-7-6-11(20)13(21)14(12)22/h2-8H,1H3. The van der Waals surface area contributed by atoms with Gasteiger partial charge in [-0.1, -0.05) is 11.8 Å². The maximum Gasteiger partial charge on any atom is 0.437 e. The second kappa shape index (κ2) is 8.01. The Morgan fingerprint density at radius 2 is 1.63 bits per heavy atom. The van der Waals surface area contributed by atoms with Crippen LogP contribution in [-0.2, 0) is 18.0 Å². The highest BCUT2D eigenvalue weighted by Crippen LogP contribution is 2.46. The minimum atomic E-state index is -5.06. The summed E-state index contributed by atoms with van der Waals surface area (Å²) in [6, 6.07) is 5.77. The van der Waals surface area contributed by atoms with Gasteiger partial charge in [-0.3, -0.25) is 14.4 Å². The zero-order chi connectivity index (χ0) is 22.2. The number of benzene rings is 2. The van der Waals surface area contributed by atoms with Crippen LogP contribution in [0.4, 0.5) is 42.1 Å². The van der Waals surface area contributed by atoms with Crippen molar-refractivity contribution >= 4 is 29.5 Å². The van der Waals surface area contributed by atoms with Crippen LogP contribution in [0.2, 0.25) is 0 Å². The molecule has 12 heteroatoms. The van der Waals surface area contributed by atoms with Crippen molar-refractivity contribution in [3.05, 3.63) is 65.4 Å². The largest absolute Gasteiger partial charge is 0.437 e. The Hall–Kier alpha value is -3.02. The molecule has 2 aromatic carbocycles. The van der Waals surface area contributed by atoms with Crippen molar-refractivity contribution < 1.29 is 35.5 Å². The average Bonchev–Trinajstić information content (AvgIpc) is 3.01. The fourth-order valence-corrected chi connectivity index (χ4v) is 3.53. The van der Waals surface area contributed by atoms with Gasteiger partial charge in [0.1, 0.15) is 16.5 Å². The van der Waals surface area contributed by atoms with Gasteiger partial charge in [-0.2, -0.15) is 18.3 Å². The summed E-state index contributed by atoms with van der Waals surface area (Å²) in [6.07, 6.45) is -5.23. The number of aryl methyl sites for hydroxylation is 1. The first kappa shape index (κ1) is 21.7. The van der Waals surface area contributed by atoms with E-state index in [0.717, 1.165) is 23.9 Å². The number of rotatable bonds is 5. The Labute approximate surface area is 168 Å². The van der Waals surface area contributed by atoms with Gasteiger partial charge in [-0.05, 0) is 36.4 Å². The third kappa shape index (κ3) is 3.99. The Morgan fingerprint density at radius 3 is 2.20 bits per heavy atom. The van der Waals surface area contributed by atoms with Crippen LogP contribution in [0.1, 0.15) is 5.69 Å². The van der Waals surface area contributed by atoms with E-state index in [0.29, 0.717) is 23.9 Å². The van der Waals surface area contributed by atoms with Crippen LogP contribution < -0.4 is 4.90 Å². The Bertz CT molecular complexity index is 1100. The molecule has 0 N–H and O–H groups in total. The minimum absolute atomic E-state index is 0.170. The van der Waals surface area contributed by atoms with Crippen molar-refractivity contribution in [3.63, 3.8) is 0 Å². The Kier molecular flexibility index (Phi) is 5.79. The number of halogens is 7. The fraction of sp³-hybridized carbons (Fsp3) is 0.111. The lowest BCUT2D eigenvalue weighted by Gasteiger charge is -2.21. The lowest BCUT2D eigenvalue weighted by atomic mass is 10.2. The lowest BCUT2D eigenvalue weighted by Crippen LogP contribution is -2.21. The predicted molar refractivity (Wildman–Crippen MR) is 93.3 cm³/mol. The van der Waals surface area contributed by atoms with Crippen molar-refractivity contribution in [2.24, 2.45) is 7.05 Å². The summed E-state index contributed by atoms with van der Waals surface area (Å²) in [7, 11) is 1.15. The predicted octanol–water partition coefficient (Wildman–Crippen LogP) is 5.44. The number of anilines is 2. The first-order valence-corrected chi connectivity index (χ1v) is 8.82. The van der Waals surface area contributed by atoms with Crippen LogP contribution in [0.25, 0.3) is 0 Å². The van der Waals surface area contributed by atoms with Crippen LogP contribution in [0.3, 0.4) is 0 Å². The molecule has 0 aliphatic carbocycles. The number of nitrogens with zero attached hydrogens (tertiary/aromatic N) is 3. The van der Waals surface area contributed by atoms with Crippen molar-refractivity contribution in [1.29, 1.82) is 0 Å². The molecule has 3 aromatic rings. The summed E-state index contributed by atoms with van der Waals surface area (Å²) in [6.45, 7) is 0. The van der Waals surface area contributed by atoms with Crippen LogP contribution in [0.5, 0.6) is 0 Å². The molecule has 0 bridgehead atoms. The van der Waals surface area contributed by atoms with Gasteiger partial charge in [0.05, 0.1) is 5.69 Å². The zero-order valence-corrected chi connectivity index (χ0v) is 15.7. The highest BCUT2D eigenvalue weighted by atomic mass is 32.2.